The minimum Gasteiger partial charge on any atom is -0.336 e. The summed E-state index contributed by atoms with van der Waals surface area (Å²) in [6.07, 6.45) is -4.49. The maximum atomic E-state index is 12.0. The van der Waals surface area contributed by atoms with Crippen LogP contribution in [0.3, 0.4) is 0 Å². The van der Waals surface area contributed by atoms with Crippen LogP contribution in [0.5, 0.6) is 0 Å². The van der Waals surface area contributed by atoms with Crippen LogP contribution >= 0.6 is 0 Å². The first-order valence-electron chi connectivity index (χ1n) is 5.77. The number of fused-ring (bicyclic) bond motifs is 1. The number of aromatic nitrogens is 2. The molecule has 0 aliphatic carbocycles. The van der Waals surface area contributed by atoms with Gasteiger partial charge in [0.05, 0.1) is 25.0 Å². The van der Waals surface area contributed by atoms with Gasteiger partial charge in [-0.15, -0.1) is 0 Å². The number of amides is 1. The Morgan fingerprint density at radius 3 is 2.89 bits per heavy atom. The molecular weight excluding hydrogens is 263 g/mol. The van der Waals surface area contributed by atoms with E-state index in [9.17, 15) is 22.8 Å². The first-order chi connectivity index (χ1) is 8.87. The molecule has 1 aromatic heterocycles. The smallest absolute Gasteiger partial charge is 0.336 e. The second-order valence-corrected chi connectivity index (χ2v) is 4.34. The third-order valence-corrected chi connectivity index (χ3v) is 2.99. The molecule has 5 nitrogen and oxygen atoms in total. The standard InChI is InChI=1S/C11H12F3N3O2/c12-11(13,14)3-1-9(18)17-4-2-7-8(5-17)15-6-16-10(7)19/h6H,1-5H2,(H,15,16,19). The van der Waals surface area contributed by atoms with Crippen molar-refractivity contribution >= 4 is 5.91 Å². The Balaban J connectivity index is 2.02. The van der Waals surface area contributed by atoms with E-state index in [1.54, 1.807) is 0 Å². The molecule has 1 aliphatic heterocycles. The maximum absolute atomic E-state index is 12.0. The molecule has 8 heteroatoms. The zero-order valence-electron chi connectivity index (χ0n) is 9.96. The molecule has 0 aromatic carbocycles. The predicted molar refractivity (Wildman–Crippen MR) is 59.3 cm³/mol. The van der Waals surface area contributed by atoms with E-state index in [0.29, 0.717) is 17.7 Å². The lowest BCUT2D eigenvalue weighted by Gasteiger charge is -2.27. The molecule has 0 atom stereocenters. The lowest BCUT2D eigenvalue weighted by atomic mass is 10.1. The van der Waals surface area contributed by atoms with Crippen LogP contribution < -0.4 is 5.56 Å². The molecule has 0 radical (unpaired) electrons. The number of aromatic amines is 1. The van der Waals surface area contributed by atoms with Crippen LogP contribution in [0.2, 0.25) is 0 Å². The first-order valence-corrected chi connectivity index (χ1v) is 5.77. The van der Waals surface area contributed by atoms with Crippen molar-refractivity contribution in [3.05, 3.63) is 27.9 Å². The van der Waals surface area contributed by atoms with E-state index in [4.69, 9.17) is 0 Å². The van der Waals surface area contributed by atoms with Crippen molar-refractivity contribution in [3.63, 3.8) is 0 Å². The Bertz CT molecular complexity index is 539. The van der Waals surface area contributed by atoms with Crippen LogP contribution in [0.1, 0.15) is 24.1 Å². The normalized spacial score (nSPS) is 15.2. The summed E-state index contributed by atoms with van der Waals surface area (Å²) in [6.45, 7) is 0.342. The highest BCUT2D eigenvalue weighted by Gasteiger charge is 2.30. The highest BCUT2D eigenvalue weighted by atomic mass is 19.4. The summed E-state index contributed by atoms with van der Waals surface area (Å²) < 4.78 is 36.1. The van der Waals surface area contributed by atoms with E-state index in [1.165, 1.54) is 11.2 Å². The molecule has 1 amide bonds. The molecule has 19 heavy (non-hydrogen) atoms. The molecule has 1 aromatic rings. The Hall–Kier alpha value is -1.86. The van der Waals surface area contributed by atoms with Crippen LogP contribution in [0.15, 0.2) is 11.1 Å². The lowest BCUT2D eigenvalue weighted by molar-refractivity contribution is -0.149. The Kier molecular flexibility index (Phi) is 3.59. The van der Waals surface area contributed by atoms with Gasteiger partial charge < -0.3 is 9.88 Å². The maximum Gasteiger partial charge on any atom is 0.389 e. The van der Waals surface area contributed by atoms with Crippen LogP contribution in [0.4, 0.5) is 13.2 Å². The fourth-order valence-electron chi connectivity index (χ4n) is 1.99. The fraction of sp³-hybridized carbons (Fsp3) is 0.545. The van der Waals surface area contributed by atoms with Crippen LogP contribution in [-0.4, -0.2) is 33.5 Å². The highest BCUT2D eigenvalue weighted by Crippen LogP contribution is 2.23. The number of carbonyl (C=O) groups is 1. The molecule has 0 saturated heterocycles. The highest BCUT2D eigenvalue weighted by molar-refractivity contribution is 5.76. The number of nitrogens with zero attached hydrogens (tertiary/aromatic N) is 2. The van der Waals surface area contributed by atoms with E-state index < -0.39 is 24.9 Å². The van der Waals surface area contributed by atoms with Crippen molar-refractivity contribution in [1.82, 2.24) is 14.9 Å². The number of halogens is 3. The molecule has 0 spiro atoms. The number of alkyl halides is 3. The largest absolute Gasteiger partial charge is 0.389 e. The van der Waals surface area contributed by atoms with Crippen molar-refractivity contribution in [2.75, 3.05) is 6.54 Å². The number of hydrogen-bond donors (Lipinski definition) is 1. The van der Waals surface area contributed by atoms with Gasteiger partial charge in [-0.2, -0.15) is 13.2 Å². The number of H-pyrrole nitrogens is 1. The summed E-state index contributed by atoms with van der Waals surface area (Å²) in [7, 11) is 0. The van der Waals surface area contributed by atoms with Gasteiger partial charge in [-0.3, -0.25) is 9.59 Å². The second-order valence-electron chi connectivity index (χ2n) is 4.34. The van der Waals surface area contributed by atoms with E-state index in [0.717, 1.165) is 0 Å². The topological polar surface area (TPSA) is 66.1 Å². The van der Waals surface area contributed by atoms with Gasteiger partial charge in [-0.25, -0.2) is 4.98 Å². The first kappa shape index (κ1) is 13.6. The molecule has 2 rings (SSSR count). The molecular formula is C11H12F3N3O2. The molecule has 104 valence electrons. The molecule has 0 bridgehead atoms. The minimum absolute atomic E-state index is 0.0932. The van der Waals surface area contributed by atoms with Crippen molar-refractivity contribution in [2.45, 2.75) is 32.0 Å². The van der Waals surface area contributed by atoms with E-state index in [2.05, 4.69) is 9.97 Å². The number of rotatable bonds is 2. The van der Waals surface area contributed by atoms with Gasteiger partial charge in [0.25, 0.3) is 5.56 Å². The average Bonchev–Trinajstić information content (AvgIpc) is 2.35. The molecule has 0 fully saturated rings. The zero-order valence-corrected chi connectivity index (χ0v) is 9.96. The summed E-state index contributed by atoms with van der Waals surface area (Å²) in [5.74, 6) is -0.565. The van der Waals surface area contributed by atoms with Crippen molar-refractivity contribution in [3.8, 4) is 0 Å². The van der Waals surface area contributed by atoms with Gasteiger partial charge in [-0.1, -0.05) is 0 Å². The van der Waals surface area contributed by atoms with Gasteiger partial charge in [-0.05, 0) is 6.42 Å². The zero-order chi connectivity index (χ0) is 14.0. The monoisotopic (exact) mass is 275 g/mol. The van der Waals surface area contributed by atoms with E-state index in [-0.39, 0.29) is 18.6 Å². The third-order valence-electron chi connectivity index (χ3n) is 2.99. The molecule has 1 N–H and O–H groups in total. The van der Waals surface area contributed by atoms with Gasteiger partial charge in [0, 0.05) is 18.5 Å². The molecule has 0 saturated carbocycles. The van der Waals surface area contributed by atoms with Crippen molar-refractivity contribution in [2.24, 2.45) is 0 Å². The average molecular weight is 275 g/mol. The van der Waals surface area contributed by atoms with Crippen molar-refractivity contribution in [1.29, 1.82) is 0 Å². The van der Waals surface area contributed by atoms with Gasteiger partial charge in [0.15, 0.2) is 0 Å². The Labute approximate surface area is 106 Å². The number of carbonyl (C=O) groups excluding carboxylic acids is 1. The predicted octanol–water partition coefficient (Wildman–Crippen LogP) is 0.997. The van der Waals surface area contributed by atoms with Gasteiger partial charge >= 0.3 is 6.18 Å². The van der Waals surface area contributed by atoms with Gasteiger partial charge in [0.2, 0.25) is 5.91 Å². The molecule has 0 unspecified atom stereocenters. The number of nitrogens with one attached hydrogen (secondary N) is 1. The quantitative estimate of drug-likeness (QED) is 0.875. The Morgan fingerprint density at radius 2 is 2.21 bits per heavy atom. The summed E-state index contributed by atoms with van der Waals surface area (Å²) in [6, 6.07) is 0. The van der Waals surface area contributed by atoms with Gasteiger partial charge in [0.1, 0.15) is 0 Å². The SMILES string of the molecule is O=C(CCC(F)(F)F)N1CCc2c(nc[nH]c2=O)C1. The van der Waals surface area contributed by atoms with E-state index >= 15 is 0 Å². The minimum atomic E-state index is -4.33. The third kappa shape index (κ3) is 3.33. The van der Waals surface area contributed by atoms with Crippen LogP contribution in [0, 0.1) is 0 Å². The Morgan fingerprint density at radius 1 is 1.47 bits per heavy atom. The summed E-state index contributed by atoms with van der Waals surface area (Å²) in [5.41, 5.74) is 0.699. The second kappa shape index (κ2) is 5.02. The number of hydrogen-bond acceptors (Lipinski definition) is 3. The fourth-order valence-corrected chi connectivity index (χ4v) is 1.99. The summed E-state index contributed by atoms with van der Waals surface area (Å²) in [4.78, 5) is 30.8. The van der Waals surface area contributed by atoms with Crippen LogP contribution in [-0.2, 0) is 17.8 Å². The lowest BCUT2D eigenvalue weighted by Crippen LogP contribution is -2.39. The van der Waals surface area contributed by atoms with Crippen molar-refractivity contribution < 1.29 is 18.0 Å². The molecule has 1 aliphatic rings. The summed E-state index contributed by atoms with van der Waals surface area (Å²) >= 11 is 0. The van der Waals surface area contributed by atoms with E-state index in [1.807, 2.05) is 0 Å². The summed E-state index contributed by atoms with van der Waals surface area (Å²) in [5, 5.41) is 0. The molecule has 2 heterocycles. The van der Waals surface area contributed by atoms with Crippen LogP contribution in [0.25, 0.3) is 0 Å².